The highest BCUT2D eigenvalue weighted by atomic mass is 15.1. The van der Waals surface area contributed by atoms with Gasteiger partial charge < -0.3 is 4.90 Å². The Bertz CT molecular complexity index is 590. The van der Waals surface area contributed by atoms with Gasteiger partial charge in [0.15, 0.2) is 5.69 Å². The minimum Gasteiger partial charge on any atom is -0.369 e. The second kappa shape index (κ2) is 5.91. The highest BCUT2D eigenvalue weighted by molar-refractivity contribution is 5.80. The monoisotopic (exact) mass is 253 g/mol. The van der Waals surface area contributed by atoms with Gasteiger partial charge in [-0.05, 0) is 17.7 Å². The Kier molecular flexibility index (Phi) is 4.04. The fourth-order valence-corrected chi connectivity index (χ4v) is 1.69. The van der Waals surface area contributed by atoms with Gasteiger partial charge in [0.05, 0.1) is 18.6 Å². The van der Waals surface area contributed by atoms with Gasteiger partial charge >= 0.3 is 0 Å². The van der Waals surface area contributed by atoms with Crippen LogP contribution in [-0.2, 0) is 0 Å². The van der Waals surface area contributed by atoms with Crippen molar-refractivity contribution in [1.29, 1.82) is 5.26 Å². The molecule has 0 saturated heterocycles. The van der Waals surface area contributed by atoms with Crippen molar-refractivity contribution in [2.24, 2.45) is 9.98 Å². The van der Waals surface area contributed by atoms with Gasteiger partial charge in [0.1, 0.15) is 11.8 Å². The molecule has 0 saturated carbocycles. The smallest absolute Gasteiger partial charge is 0.166 e. The maximum Gasteiger partial charge on any atom is 0.166 e. The standard InChI is InChI=1S/C14H15N5/c1-19(2)10-17-13-4-3-12(18-14(13)9-15)11-5-7-16-8-6-11/h3-5,8,10H,6-7H2,1-2H3/b17-10+. The zero-order valence-electron chi connectivity index (χ0n) is 11.0. The molecule has 1 aliphatic heterocycles. The summed E-state index contributed by atoms with van der Waals surface area (Å²) in [5, 5.41) is 9.16. The van der Waals surface area contributed by atoms with Crippen molar-refractivity contribution in [1.82, 2.24) is 9.88 Å². The van der Waals surface area contributed by atoms with Crippen LogP contribution in [0.2, 0.25) is 0 Å². The summed E-state index contributed by atoms with van der Waals surface area (Å²) in [6.07, 6.45) is 6.33. The van der Waals surface area contributed by atoms with Crippen LogP contribution in [0.1, 0.15) is 17.8 Å². The van der Waals surface area contributed by atoms with Crippen LogP contribution in [0.15, 0.2) is 28.2 Å². The van der Waals surface area contributed by atoms with Gasteiger partial charge in [-0.15, -0.1) is 0 Å². The number of allylic oxidation sites excluding steroid dienone is 1. The molecule has 0 atom stereocenters. The molecule has 2 rings (SSSR count). The number of rotatable bonds is 3. The lowest BCUT2D eigenvalue weighted by Gasteiger charge is -2.09. The third-order valence-corrected chi connectivity index (χ3v) is 2.62. The minimum absolute atomic E-state index is 0.346. The SMILES string of the molecule is CN(C)/C=N/c1ccc(C2=CCN=CC2)nc1C#N. The van der Waals surface area contributed by atoms with Gasteiger partial charge in [-0.25, -0.2) is 9.98 Å². The van der Waals surface area contributed by atoms with E-state index in [1.807, 2.05) is 43.4 Å². The van der Waals surface area contributed by atoms with E-state index in [9.17, 15) is 0 Å². The van der Waals surface area contributed by atoms with Gasteiger partial charge in [0, 0.05) is 26.7 Å². The molecule has 0 fully saturated rings. The number of nitriles is 1. The summed E-state index contributed by atoms with van der Waals surface area (Å²) < 4.78 is 0. The molecule has 5 heteroatoms. The molecule has 0 amide bonds. The number of dihydropyridines is 1. The van der Waals surface area contributed by atoms with Gasteiger partial charge in [-0.3, -0.25) is 4.99 Å². The van der Waals surface area contributed by atoms with Gasteiger partial charge in [-0.2, -0.15) is 5.26 Å². The molecule has 1 aliphatic rings. The Morgan fingerprint density at radius 1 is 1.42 bits per heavy atom. The minimum atomic E-state index is 0.346. The average Bonchev–Trinajstić information content (AvgIpc) is 2.45. The van der Waals surface area contributed by atoms with Crippen LogP contribution in [0, 0.1) is 11.3 Å². The molecule has 19 heavy (non-hydrogen) atoms. The van der Waals surface area contributed by atoms with Crippen LogP contribution in [0.5, 0.6) is 0 Å². The molecule has 0 bridgehead atoms. The van der Waals surface area contributed by atoms with Crippen molar-refractivity contribution < 1.29 is 0 Å². The number of hydrogen-bond acceptors (Lipinski definition) is 4. The predicted octanol–water partition coefficient (Wildman–Crippen LogP) is 2.03. The molecule has 0 N–H and O–H groups in total. The topological polar surface area (TPSA) is 64.6 Å². The van der Waals surface area contributed by atoms with Crippen molar-refractivity contribution in [2.75, 3.05) is 20.6 Å². The molecule has 0 aliphatic carbocycles. The number of aromatic nitrogens is 1. The summed E-state index contributed by atoms with van der Waals surface area (Å²) in [6, 6.07) is 5.82. The molecule has 1 aromatic rings. The first kappa shape index (κ1) is 13.0. The second-order valence-electron chi connectivity index (χ2n) is 4.37. The van der Waals surface area contributed by atoms with E-state index < -0.39 is 0 Å². The quantitative estimate of drug-likeness (QED) is 0.611. The molecule has 5 nitrogen and oxygen atoms in total. The molecule has 0 radical (unpaired) electrons. The summed E-state index contributed by atoms with van der Waals surface area (Å²) in [6.45, 7) is 0.680. The van der Waals surface area contributed by atoms with E-state index in [0.29, 0.717) is 17.9 Å². The largest absolute Gasteiger partial charge is 0.369 e. The van der Waals surface area contributed by atoms with E-state index in [1.54, 1.807) is 6.34 Å². The number of nitrogens with zero attached hydrogens (tertiary/aromatic N) is 5. The summed E-state index contributed by atoms with van der Waals surface area (Å²) in [5.74, 6) is 0. The lowest BCUT2D eigenvalue weighted by molar-refractivity contribution is 0.643. The first-order valence-corrected chi connectivity index (χ1v) is 6.00. The summed E-state index contributed by atoms with van der Waals surface area (Å²) in [5.41, 5.74) is 2.87. The molecule has 2 heterocycles. The average molecular weight is 253 g/mol. The Balaban J connectivity index is 2.31. The van der Waals surface area contributed by atoms with Crippen molar-refractivity contribution in [2.45, 2.75) is 6.42 Å². The molecule has 1 aromatic heterocycles. The van der Waals surface area contributed by atoms with Crippen LogP contribution in [0.3, 0.4) is 0 Å². The molecule has 0 unspecified atom stereocenters. The maximum atomic E-state index is 9.16. The van der Waals surface area contributed by atoms with E-state index in [2.05, 4.69) is 21.0 Å². The Labute approximate surface area is 112 Å². The first-order chi connectivity index (χ1) is 9.20. The zero-order chi connectivity index (χ0) is 13.7. The van der Waals surface area contributed by atoms with E-state index >= 15 is 0 Å². The van der Waals surface area contributed by atoms with Crippen LogP contribution >= 0.6 is 0 Å². The summed E-state index contributed by atoms with van der Waals surface area (Å²) in [4.78, 5) is 14.6. The molecular weight excluding hydrogens is 238 g/mol. The highest BCUT2D eigenvalue weighted by Gasteiger charge is 2.09. The fraction of sp³-hybridized carbons (Fsp3) is 0.286. The number of pyridine rings is 1. The predicted molar refractivity (Wildman–Crippen MR) is 76.7 cm³/mol. The van der Waals surface area contributed by atoms with Gasteiger partial charge in [0.2, 0.25) is 0 Å². The van der Waals surface area contributed by atoms with Crippen LogP contribution in [0.25, 0.3) is 5.57 Å². The molecule has 0 spiro atoms. The Morgan fingerprint density at radius 3 is 2.89 bits per heavy atom. The molecule has 96 valence electrons. The number of aliphatic imine (C=N–C) groups is 2. The Hall–Kier alpha value is -2.48. The lowest BCUT2D eigenvalue weighted by atomic mass is 10.1. The Morgan fingerprint density at radius 2 is 2.26 bits per heavy atom. The van der Waals surface area contributed by atoms with Gasteiger partial charge in [0.25, 0.3) is 0 Å². The van der Waals surface area contributed by atoms with E-state index in [1.165, 1.54) is 0 Å². The van der Waals surface area contributed by atoms with Gasteiger partial charge in [-0.1, -0.05) is 6.08 Å². The third kappa shape index (κ3) is 3.26. The lowest BCUT2D eigenvalue weighted by Crippen LogP contribution is -2.07. The zero-order valence-corrected chi connectivity index (χ0v) is 11.0. The molecular formula is C14H15N5. The van der Waals surface area contributed by atoms with Crippen molar-refractivity contribution in [3.63, 3.8) is 0 Å². The van der Waals surface area contributed by atoms with Crippen LogP contribution in [-0.4, -0.2) is 43.1 Å². The van der Waals surface area contributed by atoms with E-state index in [0.717, 1.165) is 17.7 Å². The normalized spacial score (nSPS) is 14.3. The third-order valence-electron chi connectivity index (χ3n) is 2.62. The summed E-state index contributed by atoms with van der Waals surface area (Å²) in [7, 11) is 3.76. The highest BCUT2D eigenvalue weighted by Crippen LogP contribution is 2.22. The van der Waals surface area contributed by atoms with Crippen molar-refractivity contribution >= 4 is 23.8 Å². The van der Waals surface area contributed by atoms with Crippen LogP contribution < -0.4 is 0 Å². The second-order valence-corrected chi connectivity index (χ2v) is 4.37. The van der Waals surface area contributed by atoms with Crippen molar-refractivity contribution in [3.05, 3.63) is 29.6 Å². The van der Waals surface area contributed by atoms with E-state index in [4.69, 9.17) is 5.26 Å². The number of hydrogen-bond donors (Lipinski definition) is 0. The molecule has 0 aromatic carbocycles. The maximum absolute atomic E-state index is 9.16. The van der Waals surface area contributed by atoms with E-state index in [-0.39, 0.29) is 0 Å². The van der Waals surface area contributed by atoms with Crippen molar-refractivity contribution in [3.8, 4) is 6.07 Å². The fourth-order valence-electron chi connectivity index (χ4n) is 1.69. The summed E-state index contributed by atoms with van der Waals surface area (Å²) >= 11 is 0. The first-order valence-electron chi connectivity index (χ1n) is 6.00. The van der Waals surface area contributed by atoms with Crippen LogP contribution in [0.4, 0.5) is 5.69 Å².